The van der Waals surface area contributed by atoms with Crippen molar-refractivity contribution in [2.45, 2.75) is 31.7 Å². The molecule has 96 valence electrons. The average Bonchev–Trinajstić information content (AvgIpc) is 2.96. The average molecular weight is 245 g/mol. The zero-order valence-electron chi connectivity index (χ0n) is 10.5. The number of fused-ring (bicyclic) bond motifs is 1. The maximum absolute atomic E-state index is 11.3. The highest BCUT2D eigenvalue weighted by molar-refractivity contribution is 5.99. The molecule has 1 unspecified atom stereocenters. The van der Waals surface area contributed by atoms with Crippen LogP contribution in [0.1, 0.15) is 24.8 Å². The van der Waals surface area contributed by atoms with Crippen LogP contribution in [0.2, 0.25) is 0 Å². The van der Waals surface area contributed by atoms with E-state index < -0.39 is 0 Å². The number of hydrogen-bond donors (Lipinski definition) is 3. The molecule has 3 N–H and O–H groups in total. The summed E-state index contributed by atoms with van der Waals surface area (Å²) in [6.45, 7) is 2.15. The molecule has 0 spiro atoms. The molecule has 2 aliphatic heterocycles. The number of carbonyl (C=O) groups is 1. The molecule has 3 rings (SSSR count). The second kappa shape index (κ2) is 4.98. The van der Waals surface area contributed by atoms with E-state index in [9.17, 15) is 4.79 Å². The van der Waals surface area contributed by atoms with Crippen molar-refractivity contribution >= 4 is 17.3 Å². The fraction of sp³-hybridized carbons (Fsp3) is 0.500. The van der Waals surface area contributed by atoms with Crippen molar-refractivity contribution in [1.82, 2.24) is 5.32 Å². The number of amides is 1. The van der Waals surface area contributed by atoms with Gasteiger partial charge >= 0.3 is 0 Å². The Morgan fingerprint density at radius 2 is 2.33 bits per heavy atom. The molecule has 1 atom stereocenters. The van der Waals surface area contributed by atoms with E-state index in [0.717, 1.165) is 36.4 Å². The van der Waals surface area contributed by atoms with Crippen molar-refractivity contribution in [2.24, 2.45) is 0 Å². The van der Waals surface area contributed by atoms with E-state index in [4.69, 9.17) is 0 Å². The standard InChI is InChI=1S/C14H19N3O/c18-14-9-10-8-12(3-4-13(10)17-14)16-7-5-11-2-1-6-15-11/h3-4,8,11,15-16H,1-2,5-7,9H2,(H,17,18). The third-order valence-electron chi connectivity index (χ3n) is 3.71. The van der Waals surface area contributed by atoms with Crippen molar-refractivity contribution < 1.29 is 4.79 Å². The van der Waals surface area contributed by atoms with Crippen molar-refractivity contribution in [3.8, 4) is 0 Å². The van der Waals surface area contributed by atoms with Crippen molar-refractivity contribution in [3.63, 3.8) is 0 Å². The van der Waals surface area contributed by atoms with E-state index in [0.29, 0.717) is 12.5 Å². The number of hydrogen-bond acceptors (Lipinski definition) is 3. The predicted molar refractivity (Wildman–Crippen MR) is 72.9 cm³/mol. The lowest BCUT2D eigenvalue weighted by Crippen LogP contribution is -2.24. The fourth-order valence-electron chi connectivity index (χ4n) is 2.73. The summed E-state index contributed by atoms with van der Waals surface area (Å²) < 4.78 is 0. The lowest BCUT2D eigenvalue weighted by atomic mass is 10.1. The third kappa shape index (κ3) is 2.48. The molecule has 0 bridgehead atoms. The maximum atomic E-state index is 11.3. The van der Waals surface area contributed by atoms with E-state index >= 15 is 0 Å². The molecule has 1 fully saturated rings. The molecule has 1 amide bonds. The summed E-state index contributed by atoms with van der Waals surface area (Å²) in [6, 6.07) is 6.77. The van der Waals surface area contributed by atoms with Crippen LogP contribution in [-0.4, -0.2) is 25.0 Å². The first-order valence-electron chi connectivity index (χ1n) is 6.71. The van der Waals surface area contributed by atoms with Gasteiger partial charge in [0.05, 0.1) is 6.42 Å². The number of rotatable bonds is 4. The molecule has 2 heterocycles. The van der Waals surface area contributed by atoms with E-state index in [1.54, 1.807) is 0 Å². The van der Waals surface area contributed by atoms with Crippen LogP contribution >= 0.6 is 0 Å². The summed E-state index contributed by atoms with van der Waals surface area (Å²) in [5.41, 5.74) is 3.18. The molecular weight excluding hydrogens is 226 g/mol. The van der Waals surface area contributed by atoms with Crippen LogP contribution < -0.4 is 16.0 Å². The highest BCUT2D eigenvalue weighted by atomic mass is 16.1. The van der Waals surface area contributed by atoms with Gasteiger partial charge in [-0.2, -0.15) is 0 Å². The summed E-state index contributed by atoms with van der Waals surface area (Å²) in [6.07, 6.45) is 4.27. The van der Waals surface area contributed by atoms with Crippen LogP contribution in [0.25, 0.3) is 0 Å². The Hall–Kier alpha value is -1.55. The molecule has 0 aliphatic carbocycles. The Labute approximate surface area is 107 Å². The molecule has 0 aromatic heterocycles. The van der Waals surface area contributed by atoms with Gasteiger partial charge in [-0.3, -0.25) is 4.79 Å². The third-order valence-corrected chi connectivity index (χ3v) is 3.71. The Morgan fingerprint density at radius 1 is 1.39 bits per heavy atom. The Morgan fingerprint density at radius 3 is 3.17 bits per heavy atom. The minimum atomic E-state index is 0.0947. The second-order valence-electron chi connectivity index (χ2n) is 5.11. The van der Waals surface area contributed by atoms with E-state index in [1.807, 2.05) is 12.1 Å². The topological polar surface area (TPSA) is 53.2 Å². The normalized spacial score (nSPS) is 21.8. The molecule has 1 aromatic carbocycles. The van der Waals surface area contributed by atoms with Gasteiger partial charge < -0.3 is 16.0 Å². The molecule has 0 saturated carbocycles. The summed E-state index contributed by atoms with van der Waals surface area (Å²) in [4.78, 5) is 11.3. The molecule has 1 aromatic rings. The van der Waals surface area contributed by atoms with E-state index in [2.05, 4.69) is 22.0 Å². The molecular formula is C14H19N3O. The van der Waals surface area contributed by atoms with Gasteiger partial charge in [0, 0.05) is 24.0 Å². The van der Waals surface area contributed by atoms with Crippen LogP contribution in [0.5, 0.6) is 0 Å². The molecule has 1 saturated heterocycles. The van der Waals surface area contributed by atoms with Crippen LogP contribution in [0.4, 0.5) is 11.4 Å². The van der Waals surface area contributed by atoms with Crippen LogP contribution in [0.15, 0.2) is 18.2 Å². The largest absolute Gasteiger partial charge is 0.385 e. The predicted octanol–water partition coefficient (Wildman–Crippen LogP) is 1.74. The Balaban J connectivity index is 1.54. The first-order chi connectivity index (χ1) is 8.81. The lowest BCUT2D eigenvalue weighted by molar-refractivity contribution is -0.115. The van der Waals surface area contributed by atoms with Gasteiger partial charge in [-0.15, -0.1) is 0 Å². The Bertz CT molecular complexity index is 452. The van der Waals surface area contributed by atoms with Crippen LogP contribution in [0.3, 0.4) is 0 Å². The van der Waals surface area contributed by atoms with Crippen LogP contribution in [-0.2, 0) is 11.2 Å². The van der Waals surface area contributed by atoms with Gasteiger partial charge in [0.15, 0.2) is 0 Å². The molecule has 4 nitrogen and oxygen atoms in total. The van der Waals surface area contributed by atoms with E-state index in [1.165, 1.54) is 12.8 Å². The van der Waals surface area contributed by atoms with Gasteiger partial charge in [0.25, 0.3) is 0 Å². The van der Waals surface area contributed by atoms with E-state index in [-0.39, 0.29) is 5.91 Å². The zero-order chi connectivity index (χ0) is 12.4. The summed E-state index contributed by atoms with van der Waals surface area (Å²) in [5, 5.41) is 9.78. The van der Waals surface area contributed by atoms with Crippen molar-refractivity contribution in [1.29, 1.82) is 0 Å². The minimum Gasteiger partial charge on any atom is -0.385 e. The van der Waals surface area contributed by atoms with Crippen LogP contribution in [0, 0.1) is 0 Å². The fourth-order valence-corrected chi connectivity index (χ4v) is 2.73. The number of nitrogens with one attached hydrogen (secondary N) is 3. The SMILES string of the molecule is O=C1Cc2cc(NCCC3CCCN3)ccc2N1. The summed E-state index contributed by atoms with van der Waals surface area (Å²) >= 11 is 0. The number of carbonyl (C=O) groups excluding carboxylic acids is 1. The van der Waals surface area contributed by atoms with Gasteiger partial charge in [0.1, 0.15) is 0 Å². The number of anilines is 2. The molecule has 4 heteroatoms. The van der Waals surface area contributed by atoms with Gasteiger partial charge in [-0.25, -0.2) is 0 Å². The Kier molecular flexibility index (Phi) is 3.19. The summed E-state index contributed by atoms with van der Waals surface area (Å²) in [7, 11) is 0. The highest BCUT2D eigenvalue weighted by Gasteiger charge is 2.17. The zero-order valence-corrected chi connectivity index (χ0v) is 10.5. The first kappa shape index (κ1) is 11.5. The van der Waals surface area contributed by atoms with Crippen molar-refractivity contribution in [2.75, 3.05) is 23.7 Å². The second-order valence-corrected chi connectivity index (χ2v) is 5.11. The molecule has 18 heavy (non-hydrogen) atoms. The highest BCUT2D eigenvalue weighted by Crippen LogP contribution is 2.26. The summed E-state index contributed by atoms with van der Waals surface area (Å²) in [5.74, 6) is 0.0947. The quantitative estimate of drug-likeness (QED) is 0.757. The smallest absolute Gasteiger partial charge is 0.228 e. The van der Waals surface area contributed by atoms with Gasteiger partial charge in [0.2, 0.25) is 5.91 Å². The lowest BCUT2D eigenvalue weighted by Gasteiger charge is -2.12. The van der Waals surface area contributed by atoms with Gasteiger partial charge in [-0.1, -0.05) is 0 Å². The molecule has 0 radical (unpaired) electrons. The van der Waals surface area contributed by atoms with Crippen molar-refractivity contribution in [3.05, 3.63) is 23.8 Å². The monoisotopic (exact) mass is 245 g/mol. The van der Waals surface area contributed by atoms with Gasteiger partial charge in [-0.05, 0) is 49.6 Å². The maximum Gasteiger partial charge on any atom is 0.228 e. The minimum absolute atomic E-state index is 0.0947. The first-order valence-corrected chi connectivity index (χ1v) is 6.71. The number of benzene rings is 1. The molecule has 2 aliphatic rings.